The van der Waals surface area contributed by atoms with Crippen molar-refractivity contribution in [1.82, 2.24) is 25.8 Å². The molecule has 2 rings (SSSR count). The molecule has 0 unspecified atom stereocenters. The van der Waals surface area contributed by atoms with Crippen molar-refractivity contribution in [3.63, 3.8) is 0 Å². The summed E-state index contributed by atoms with van der Waals surface area (Å²) in [5.41, 5.74) is 1.56. The van der Waals surface area contributed by atoms with Crippen LogP contribution in [-0.4, -0.2) is 46.8 Å². The summed E-state index contributed by atoms with van der Waals surface area (Å²) < 4.78 is 36.8. The molecule has 1 amide bonds. The molecule has 1 saturated heterocycles. The predicted molar refractivity (Wildman–Crippen MR) is 51.4 cm³/mol. The van der Waals surface area contributed by atoms with Gasteiger partial charge in [0.1, 0.15) is 0 Å². The Balaban J connectivity index is 1.83. The van der Waals surface area contributed by atoms with Crippen LogP contribution in [0.1, 0.15) is 16.5 Å². The largest absolute Gasteiger partial charge is 0.414 e. The maximum Gasteiger partial charge on any atom is 0.414 e. The van der Waals surface area contributed by atoms with Gasteiger partial charge in [-0.2, -0.15) is 13.2 Å². The second-order valence-corrected chi connectivity index (χ2v) is 3.73. The summed E-state index contributed by atoms with van der Waals surface area (Å²) in [4.78, 5) is 15.3. The van der Waals surface area contributed by atoms with E-state index in [2.05, 4.69) is 20.5 Å². The van der Waals surface area contributed by atoms with Gasteiger partial charge in [-0.1, -0.05) is 5.21 Å². The second kappa shape index (κ2) is 4.90. The molecule has 10 heteroatoms. The summed E-state index contributed by atoms with van der Waals surface area (Å²) in [6, 6.07) is 0.121. The normalized spacial score (nSPS) is 16.4. The van der Waals surface area contributed by atoms with Crippen LogP contribution in [0.5, 0.6) is 0 Å². The first kappa shape index (κ1) is 12.8. The van der Waals surface area contributed by atoms with Crippen LogP contribution in [0, 0.1) is 0 Å². The lowest BCUT2D eigenvalue weighted by Crippen LogP contribution is -2.43. The molecular formula is C8H10F3N5O2. The van der Waals surface area contributed by atoms with Crippen LogP contribution in [0.15, 0.2) is 6.20 Å². The third-order valence-electron chi connectivity index (χ3n) is 2.28. The quantitative estimate of drug-likeness (QED) is 0.727. The number of halogens is 3. The summed E-state index contributed by atoms with van der Waals surface area (Å²) in [7, 11) is 0. The Hall–Kier alpha value is -1.68. The highest BCUT2D eigenvalue weighted by Gasteiger charge is 2.28. The van der Waals surface area contributed by atoms with Crippen LogP contribution in [0.4, 0.5) is 13.2 Å². The van der Waals surface area contributed by atoms with Gasteiger partial charge in [0.25, 0.3) is 5.91 Å². The van der Waals surface area contributed by atoms with Crippen molar-refractivity contribution in [1.29, 1.82) is 0 Å². The van der Waals surface area contributed by atoms with E-state index in [-0.39, 0.29) is 11.7 Å². The molecule has 0 aromatic carbocycles. The van der Waals surface area contributed by atoms with E-state index in [0.717, 1.165) is 13.1 Å². The fourth-order valence-electron chi connectivity index (χ4n) is 1.26. The first-order valence-corrected chi connectivity index (χ1v) is 5.07. The standard InChI is InChI=1S/C8H10F3N5O2/c9-8(10,11)4-18-14-7(17)6-3-16(15-13-6)5-1-12-2-5/h3,5,12H,1-2,4H2,(H,14,17). The minimum Gasteiger partial charge on any atom is -0.312 e. The third kappa shape index (κ3) is 3.17. The number of alkyl halides is 3. The molecule has 0 spiro atoms. The van der Waals surface area contributed by atoms with Gasteiger partial charge in [0.05, 0.1) is 12.2 Å². The van der Waals surface area contributed by atoms with E-state index >= 15 is 0 Å². The van der Waals surface area contributed by atoms with E-state index in [1.54, 1.807) is 5.48 Å². The van der Waals surface area contributed by atoms with Crippen LogP contribution >= 0.6 is 0 Å². The van der Waals surface area contributed by atoms with Gasteiger partial charge < -0.3 is 5.32 Å². The molecule has 2 N–H and O–H groups in total. The molecule has 0 atom stereocenters. The number of aromatic nitrogens is 3. The minimum atomic E-state index is -4.50. The molecule has 0 aliphatic carbocycles. The molecule has 1 fully saturated rings. The first-order chi connectivity index (χ1) is 8.46. The summed E-state index contributed by atoms with van der Waals surface area (Å²) >= 11 is 0. The number of hydrogen-bond acceptors (Lipinski definition) is 5. The molecule has 2 heterocycles. The molecule has 1 aromatic heterocycles. The van der Waals surface area contributed by atoms with Crippen molar-refractivity contribution in [3.05, 3.63) is 11.9 Å². The lowest BCUT2D eigenvalue weighted by atomic mass is 10.2. The number of rotatable bonds is 4. The zero-order valence-corrected chi connectivity index (χ0v) is 9.07. The van der Waals surface area contributed by atoms with Gasteiger partial charge in [0.2, 0.25) is 0 Å². The summed E-state index contributed by atoms with van der Waals surface area (Å²) in [5, 5.41) is 10.3. The zero-order valence-electron chi connectivity index (χ0n) is 9.07. The number of carbonyl (C=O) groups is 1. The van der Waals surface area contributed by atoms with Gasteiger partial charge in [-0.25, -0.2) is 10.2 Å². The molecule has 0 bridgehead atoms. The molecule has 0 saturated carbocycles. The van der Waals surface area contributed by atoms with E-state index in [0.29, 0.717) is 0 Å². The van der Waals surface area contributed by atoms with Gasteiger partial charge in [-0.05, 0) is 0 Å². The monoisotopic (exact) mass is 265 g/mol. The van der Waals surface area contributed by atoms with E-state index in [1.165, 1.54) is 10.9 Å². The lowest BCUT2D eigenvalue weighted by Gasteiger charge is -2.26. The topological polar surface area (TPSA) is 81.1 Å². The van der Waals surface area contributed by atoms with Crippen molar-refractivity contribution < 1.29 is 22.8 Å². The summed E-state index contributed by atoms with van der Waals surface area (Å²) in [6.07, 6.45) is -3.14. The zero-order chi connectivity index (χ0) is 13.2. The second-order valence-electron chi connectivity index (χ2n) is 3.73. The van der Waals surface area contributed by atoms with E-state index in [9.17, 15) is 18.0 Å². The summed E-state index contributed by atoms with van der Waals surface area (Å²) in [6.45, 7) is -0.122. The van der Waals surface area contributed by atoms with Crippen LogP contribution < -0.4 is 10.8 Å². The predicted octanol–water partition coefficient (Wildman–Crippen LogP) is -0.354. The number of amides is 1. The van der Waals surface area contributed by atoms with Crippen molar-refractivity contribution in [2.45, 2.75) is 12.2 Å². The van der Waals surface area contributed by atoms with Crippen molar-refractivity contribution in [3.8, 4) is 0 Å². The number of nitrogens with one attached hydrogen (secondary N) is 2. The maximum absolute atomic E-state index is 11.8. The average molecular weight is 265 g/mol. The van der Waals surface area contributed by atoms with Gasteiger partial charge in [0, 0.05) is 13.1 Å². The Bertz CT molecular complexity index is 429. The van der Waals surface area contributed by atoms with Crippen molar-refractivity contribution >= 4 is 5.91 Å². The van der Waals surface area contributed by atoms with Crippen molar-refractivity contribution in [2.24, 2.45) is 0 Å². The number of carbonyl (C=O) groups excluding carboxylic acids is 1. The van der Waals surface area contributed by atoms with Gasteiger partial charge in [-0.3, -0.25) is 9.63 Å². The summed E-state index contributed by atoms with van der Waals surface area (Å²) in [5.74, 6) is -0.863. The number of hydrogen-bond donors (Lipinski definition) is 2. The minimum absolute atomic E-state index is 0.0934. The van der Waals surface area contributed by atoms with Crippen LogP contribution in [0.2, 0.25) is 0 Å². The van der Waals surface area contributed by atoms with Crippen molar-refractivity contribution in [2.75, 3.05) is 19.7 Å². The Labute approximate surface area is 99.2 Å². The fourth-order valence-corrected chi connectivity index (χ4v) is 1.26. The van der Waals surface area contributed by atoms with Crippen LogP contribution in [0.3, 0.4) is 0 Å². The van der Waals surface area contributed by atoms with Gasteiger partial charge >= 0.3 is 6.18 Å². The maximum atomic E-state index is 11.8. The Morgan fingerprint density at radius 3 is 2.89 bits per heavy atom. The number of hydroxylamine groups is 1. The smallest absolute Gasteiger partial charge is 0.312 e. The average Bonchev–Trinajstić information content (AvgIpc) is 2.62. The highest BCUT2D eigenvalue weighted by Crippen LogP contribution is 2.14. The molecule has 0 radical (unpaired) electrons. The third-order valence-corrected chi connectivity index (χ3v) is 2.28. The van der Waals surface area contributed by atoms with E-state index < -0.39 is 18.7 Å². The molecule has 1 aromatic rings. The molecular weight excluding hydrogens is 255 g/mol. The van der Waals surface area contributed by atoms with Gasteiger partial charge in [-0.15, -0.1) is 5.10 Å². The van der Waals surface area contributed by atoms with Crippen LogP contribution in [-0.2, 0) is 4.84 Å². The Morgan fingerprint density at radius 1 is 1.61 bits per heavy atom. The highest BCUT2D eigenvalue weighted by molar-refractivity contribution is 5.91. The molecule has 1 aliphatic heterocycles. The SMILES string of the molecule is O=C(NOCC(F)(F)F)c1cn(C2CNC2)nn1. The van der Waals surface area contributed by atoms with Gasteiger partial charge in [0.15, 0.2) is 12.3 Å². The Kier molecular flexibility index (Phi) is 3.48. The molecule has 100 valence electrons. The highest BCUT2D eigenvalue weighted by atomic mass is 19.4. The first-order valence-electron chi connectivity index (χ1n) is 5.07. The van der Waals surface area contributed by atoms with E-state index in [4.69, 9.17) is 0 Å². The Morgan fingerprint density at radius 2 is 2.33 bits per heavy atom. The number of nitrogens with zero attached hydrogens (tertiary/aromatic N) is 3. The van der Waals surface area contributed by atoms with E-state index in [1.807, 2.05) is 0 Å². The fraction of sp³-hybridized carbons (Fsp3) is 0.625. The molecule has 18 heavy (non-hydrogen) atoms. The molecule has 7 nitrogen and oxygen atoms in total. The lowest BCUT2D eigenvalue weighted by molar-refractivity contribution is -0.184. The van der Waals surface area contributed by atoms with Crippen LogP contribution in [0.25, 0.3) is 0 Å². The molecule has 1 aliphatic rings.